The maximum absolute atomic E-state index is 12.5. The van der Waals surface area contributed by atoms with E-state index in [4.69, 9.17) is 0 Å². The Morgan fingerprint density at radius 3 is 2.77 bits per heavy atom. The Morgan fingerprint density at radius 1 is 1.23 bits per heavy atom. The quantitative estimate of drug-likeness (QED) is 0.860. The van der Waals surface area contributed by atoms with Crippen LogP contribution in [-0.2, 0) is 18.3 Å². The van der Waals surface area contributed by atoms with Gasteiger partial charge in [-0.25, -0.2) is 4.79 Å². The third-order valence-electron chi connectivity index (χ3n) is 5.03. The molecule has 0 bridgehead atoms. The van der Waals surface area contributed by atoms with E-state index in [1.807, 2.05) is 18.2 Å². The summed E-state index contributed by atoms with van der Waals surface area (Å²) in [5, 5.41) is 12.2. The lowest BCUT2D eigenvalue weighted by Crippen LogP contribution is -2.43. The molecule has 0 saturated carbocycles. The molecule has 2 unspecified atom stereocenters. The number of carboxylic acid groups (broad SMARTS) is 1. The smallest absolute Gasteiger partial charge is 0.326 e. The molecular formula is C20H22N2O4. The minimum atomic E-state index is -1.07. The first-order valence-corrected chi connectivity index (χ1v) is 8.75. The van der Waals surface area contributed by atoms with Crippen LogP contribution in [0.1, 0.15) is 46.8 Å². The largest absolute Gasteiger partial charge is 0.480 e. The van der Waals surface area contributed by atoms with Crippen LogP contribution in [0.2, 0.25) is 0 Å². The van der Waals surface area contributed by atoms with Gasteiger partial charge in [-0.2, -0.15) is 0 Å². The van der Waals surface area contributed by atoms with Crippen molar-refractivity contribution in [2.24, 2.45) is 7.05 Å². The zero-order valence-electron chi connectivity index (χ0n) is 14.6. The van der Waals surface area contributed by atoms with Crippen LogP contribution in [0.25, 0.3) is 0 Å². The first-order valence-electron chi connectivity index (χ1n) is 8.75. The molecule has 1 aliphatic carbocycles. The highest BCUT2D eigenvalue weighted by Gasteiger charge is 2.28. The minimum absolute atomic E-state index is 0.0981. The van der Waals surface area contributed by atoms with E-state index in [1.54, 1.807) is 0 Å². The van der Waals surface area contributed by atoms with Gasteiger partial charge in [0.05, 0.1) is 0 Å². The number of pyridine rings is 1. The summed E-state index contributed by atoms with van der Waals surface area (Å²) in [5.74, 6) is -1.52. The van der Waals surface area contributed by atoms with Crippen molar-refractivity contribution >= 4 is 11.9 Å². The molecule has 1 aliphatic rings. The van der Waals surface area contributed by atoms with Crippen LogP contribution < -0.4 is 10.9 Å². The van der Waals surface area contributed by atoms with Gasteiger partial charge in [0.15, 0.2) is 0 Å². The molecule has 1 aromatic heterocycles. The van der Waals surface area contributed by atoms with Crippen LogP contribution in [0.4, 0.5) is 0 Å². The molecule has 1 amide bonds. The Bertz CT molecular complexity index is 887. The second-order valence-corrected chi connectivity index (χ2v) is 6.70. The fourth-order valence-corrected chi connectivity index (χ4v) is 3.63. The van der Waals surface area contributed by atoms with Crippen molar-refractivity contribution < 1.29 is 14.7 Å². The highest BCUT2D eigenvalue weighted by molar-refractivity contribution is 5.95. The summed E-state index contributed by atoms with van der Waals surface area (Å²) in [6, 6.07) is 11.4. The van der Waals surface area contributed by atoms with Gasteiger partial charge in [0.25, 0.3) is 11.5 Å². The van der Waals surface area contributed by atoms with Crippen LogP contribution >= 0.6 is 0 Å². The predicted molar refractivity (Wildman–Crippen MR) is 97.3 cm³/mol. The van der Waals surface area contributed by atoms with Gasteiger partial charge < -0.3 is 15.0 Å². The maximum atomic E-state index is 12.5. The van der Waals surface area contributed by atoms with Crippen LogP contribution in [0.15, 0.2) is 47.3 Å². The SMILES string of the molecule is Cn1c(C(=O)NC(CC2CCCc3ccccc32)C(=O)O)cccc1=O. The summed E-state index contributed by atoms with van der Waals surface area (Å²) >= 11 is 0. The number of nitrogens with one attached hydrogen (secondary N) is 1. The van der Waals surface area contributed by atoms with Gasteiger partial charge in [0, 0.05) is 13.1 Å². The van der Waals surface area contributed by atoms with Crippen molar-refractivity contribution in [3.05, 3.63) is 69.6 Å². The number of aromatic nitrogens is 1. The number of nitrogens with zero attached hydrogens (tertiary/aromatic N) is 1. The second kappa shape index (κ2) is 7.56. The average molecular weight is 354 g/mol. The molecule has 2 atom stereocenters. The molecule has 2 aromatic rings. The number of hydrogen-bond acceptors (Lipinski definition) is 3. The Balaban J connectivity index is 1.79. The number of carboxylic acids is 1. The standard InChI is InChI=1S/C20H22N2O4/c1-22-17(10-5-11-18(22)23)19(24)21-16(20(25)26)12-14-8-4-7-13-6-2-3-9-15(13)14/h2-3,5-6,9-11,14,16H,4,7-8,12H2,1H3,(H,21,24)(H,25,26). The van der Waals surface area contributed by atoms with Gasteiger partial charge >= 0.3 is 5.97 Å². The minimum Gasteiger partial charge on any atom is -0.480 e. The van der Waals surface area contributed by atoms with Crippen molar-refractivity contribution in [3.8, 4) is 0 Å². The van der Waals surface area contributed by atoms with E-state index in [1.165, 1.54) is 40.9 Å². The summed E-state index contributed by atoms with van der Waals surface area (Å²) in [5.41, 5.74) is 2.26. The Hall–Kier alpha value is -2.89. The zero-order valence-corrected chi connectivity index (χ0v) is 14.6. The van der Waals surface area contributed by atoms with Crippen LogP contribution in [0.3, 0.4) is 0 Å². The van der Waals surface area contributed by atoms with Gasteiger partial charge in [-0.15, -0.1) is 0 Å². The van der Waals surface area contributed by atoms with Gasteiger partial charge in [-0.3, -0.25) is 9.59 Å². The molecule has 0 radical (unpaired) electrons. The fraction of sp³-hybridized carbons (Fsp3) is 0.350. The highest BCUT2D eigenvalue weighted by atomic mass is 16.4. The van der Waals surface area contributed by atoms with Gasteiger partial charge in [0.1, 0.15) is 11.7 Å². The number of aryl methyl sites for hydroxylation is 1. The third-order valence-corrected chi connectivity index (χ3v) is 5.03. The number of hydrogen-bond donors (Lipinski definition) is 2. The molecule has 3 rings (SSSR count). The zero-order chi connectivity index (χ0) is 18.7. The molecule has 2 N–H and O–H groups in total. The Morgan fingerprint density at radius 2 is 2.00 bits per heavy atom. The van der Waals surface area contributed by atoms with Crippen molar-refractivity contribution in [1.29, 1.82) is 0 Å². The first kappa shape index (κ1) is 17.9. The Labute approximate surface area is 151 Å². The molecule has 1 aromatic carbocycles. The van der Waals surface area contributed by atoms with Crippen LogP contribution in [-0.4, -0.2) is 27.6 Å². The molecule has 0 fully saturated rings. The fourth-order valence-electron chi connectivity index (χ4n) is 3.63. The normalized spacial score (nSPS) is 17.2. The van der Waals surface area contributed by atoms with E-state index in [0.717, 1.165) is 19.3 Å². The molecular weight excluding hydrogens is 332 g/mol. The number of carbonyl (C=O) groups is 2. The molecule has 0 saturated heterocycles. The van der Waals surface area contributed by atoms with Gasteiger partial charge in [-0.05, 0) is 48.8 Å². The number of benzene rings is 1. The first-order chi connectivity index (χ1) is 12.5. The number of rotatable bonds is 5. The van der Waals surface area contributed by atoms with Crippen molar-refractivity contribution in [1.82, 2.24) is 9.88 Å². The second-order valence-electron chi connectivity index (χ2n) is 6.70. The molecule has 26 heavy (non-hydrogen) atoms. The van der Waals surface area contributed by atoms with Crippen LogP contribution in [0.5, 0.6) is 0 Å². The van der Waals surface area contributed by atoms with Crippen molar-refractivity contribution in [3.63, 3.8) is 0 Å². The number of amides is 1. The lowest BCUT2D eigenvalue weighted by molar-refractivity contribution is -0.139. The van der Waals surface area contributed by atoms with E-state index in [9.17, 15) is 19.5 Å². The highest BCUT2D eigenvalue weighted by Crippen LogP contribution is 2.34. The van der Waals surface area contributed by atoms with E-state index >= 15 is 0 Å². The summed E-state index contributed by atoms with van der Waals surface area (Å²) in [6.45, 7) is 0. The third kappa shape index (κ3) is 3.69. The van der Waals surface area contributed by atoms with E-state index in [0.29, 0.717) is 6.42 Å². The molecule has 0 aliphatic heterocycles. The summed E-state index contributed by atoms with van der Waals surface area (Å²) in [4.78, 5) is 35.9. The molecule has 0 spiro atoms. The van der Waals surface area contributed by atoms with E-state index in [2.05, 4.69) is 11.4 Å². The number of aliphatic carboxylic acids is 1. The number of carbonyl (C=O) groups excluding carboxylic acids is 1. The number of fused-ring (bicyclic) bond motifs is 1. The van der Waals surface area contributed by atoms with Crippen molar-refractivity contribution in [2.75, 3.05) is 0 Å². The predicted octanol–water partition coefficient (Wildman–Crippen LogP) is 2.08. The van der Waals surface area contributed by atoms with Crippen molar-refractivity contribution in [2.45, 2.75) is 37.6 Å². The average Bonchev–Trinajstić information content (AvgIpc) is 2.63. The summed E-state index contributed by atoms with van der Waals surface area (Å²) in [6.07, 6.45) is 3.25. The lowest BCUT2D eigenvalue weighted by Gasteiger charge is -2.28. The monoisotopic (exact) mass is 354 g/mol. The summed E-state index contributed by atoms with van der Waals surface area (Å²) < 4.78 is 1.21. The molecule has 136 valence electrons. The summed E-state index contributed by atoms with van der Waals surface area (Å²) in [7, 11) is 1.49. The maximum Gasteiger partial charge on any atom is 0.326 e. The molecule has 1 heterocycles. The lowest BCUT2D eigenvalue weighted by atomic mass is 9.79. The molecule has 6 heteroatoms. The van der Waals surface area contributed by atoms with E-state index < -0.39 is 17.9 Å². The van der Waals surface area contributed by atoms with E-state index in [-0.39, 0.29) is 17.2 Å². The van der Waals surface area contributed by atoms with Gasteiger partial charge in [-0.1, -0.05) is 30.3 Å². The topological polar surface area (TPSA) is 88.4 Å². The molecule has 6 nitrogen and oxygen atoms in total. The Kier molecular flexibility index (Phi) is 5.21. The van der Waals surface area contributed by atoms with Gasteiger partial charge in [0.2, 0.25) is 0 Å². The van der Waals surface area contributed by atoms with Crippen LogP contribution in [0, 0.1) is 0 Å².